The van der Waals surface area contributed by atoms with Crippen LogP contribution in [0.4, 0.5) is 4.79 Å². The summed E-state index contributed by atoms with van der Waals surface area (Å²) in [6.45, 7) is 13.4. The zero-order valence-corrected chi connectivity index (χ0v) is 13.8. The normalized spacial score (nSPS) is 12.4. The van der Waals surface area contributed by atoms with Crippen molar-refractivity contribution in [2.75, 3.05) is 13.2 Å². The highest BCUT2D eigenvalue weighted by Gasteiger charge is 2.31. The molecule has 0 aromatic rings. The Morgan fingerprint density at radius 3 is 2.16 bits per heavy atom. The fourth-order valence-corrected chi connectivity index (χ4v) is 2.08. The standard InChI is InChI=1S/C14H27NO3S/c1-10(2)14(5,6)8-13(3,4)9-15-11(16)7-18-12(17)19/h10H,7-9H2,1-6H3,(H,15,16)(H,17,19). The van der Waals surface area contributed by atoms with Crippen molar-refractivity contribution in [2.45, 2.75) is 48.0 Å². The minimum Gasteiger partial charge on any atom is -0.448 e. The van der Waals surface area contributed by atoms with Crippen LogP contribution in [0.2, 0.25) is 0 Å². The van der Waals surface area contributed by atoms with Crippen LogP contribution >= 0.6 is 12.6 Å². The van der Waals surface area contributed by atoms with Crippen LogP contribution in [0.5, 0.6) is 0 Å². The number of nitrogens with one attached hydrogen (secondary N) is 1. The molecule has 0 aromatic heterocycles. The number of carbonyl (C=O) groups is 2. The van der Waals surface area contributed by atoms with E-state index in [9.17, 15) is 9.59 Å². The molecule has 0 atom stereocenters. The van der Waals surface area contributed by atoms with E-state index in [-0.39, 0.29) is 23.3 Å². The lowest BCUT2D eigenvalue weighted by molar-refractivity contribution is -0.124. The zero-order chi connectivity index (χ0) is 15.3. The third-order valence-electron chi connectivity index (χ3n) is 3.59. The fourth-order valence-electron chi connectivity index (χ4n) is 2.02. The van der Waals surface area contributed by atoms with Crippen molar-refractivity contribution in [3.63, 3.8) is 0 Å². The maximum Gasteiger partial charge on any atom is 0.364 e. The molecule has 19 heavy (non-hydrogen) atoms. The Morgan fingerprint density at radius 2 is 1.74 bits per heavy atom. The van der Waals surface area contributed by atoms with E-state index in [4.69, 9.17) is 0 Å². The van der Waals surface area contributed by atoms with Gasteiger partial charge in [-0.1, -0.05) is 54.2 Å². The predicted molar refractivity (Wildman–Crippen MR) is 80.4 cm³/mol. The zero-order valence-electron chi connectivity index (χ0n) is 12.9. The van der Waals surface area contributed by atoms with E-state index < -0.39 is 5.30 Å². The Balaban J connectivity index is 4.23. The predicted octanol–water partition coefficient (Wildman–Crippen LogP) is 3.27. The summed E-state index contributed by atoms with van der Waals surface area (Å²) >= 11 is 3.44. The topological polar surface area (TPSA) is 55.4 Å². The summed E-state index contributed by atoms with van der Waals surface area (Å²) in [7, 11) is 0. The van der Waals surface area contributed by atoms with Gasteiger partial charge >= 0.3 is 5.30 Å². The summed E-state index contributed by atoms with van der Waals surface area (Å²) in [6, 6.07) is 0. The van der Waals surface area contributed by atoms with Gasteiger partial charge in [0, 0.05) is 6.54 Å². The molecule has 0 rings (SSSR count). The van der Waals surface area contributed by atoms with Crippen LogP contribution in [0.3, 0.4) is 0 Å². The number of ether oxygens (including phenoxy) is 1. The maximum atomic E-state index is 11.5. The van der Waals surface area contributed by atoms with E-state index in [1.807, 2.05) is 0 Å². The highest BCUT2D eigenvalue weighted by atomic mass is 32.1. The van der Waals surface area contributed by atoms with Gasteiger partial charge in [-0.2, -0.15) is 0 Å². The summed E-state index contributed by atoms with van der Waals surface area (Å²) in [4.78, 5) is 21.9. The molecule has 0 aliphatic rings. The second kappa shape index (κ2) is 7.17. The van der Waals surface area contributed by atoms with E-state index in [0.29, 0.717) is 12.5 Å². The van der Waals surface area contributed by atoms with Crippen LogP contribution in [-0.2, 0) is 9.53 Å². The molecule has 0 saturated carbocycles. The summed E-state index contributed by atoms with van der Waals surface area (Å²) in [5.74, 6) is 0.283. The van der Waals surface area contributed by atoms with Gasteiger partial charge < -0.3 is 10.1 Å². The highest BCUT2D eigenvalue weighted by molar-refractivity contribution is 7.96. The van der Waals surface area contributed by atoms with Crippen molar-refractivity contribution in [2.24, 2.45) is 16.7 Å². The molecule has 0 fully saturated rings. The minimum atomic E-state index is -0.740. The van der Waals surface area contributed by atoms with Crippen molar-refractivity contribution < 1.29 is 14.3 Å². The summed E-state index contributed by atoms with van der Waals surface area (Å²) < 4.78 is 4.52. The van der Waals surface area contributed by atoms with Gasteiger partial charge in [0.1, 0.15) is 0 Å². The van der Waals surface area contributed by atoms with Gasteiger partial charge in [0.05, 0.1) is 0 Å². The lowest BCUT2D eigenvalue weighted by atomic mass is 9.69. The molecule has 112 valence electrons. The second-order valence-electron chi connectivity index (χ2n) is 6.82. The number of rotatable bonds is 7. The van der Waals surface area contributed by atoms with Crippen LogP contribution < -0.4 is 5.32 Å². The molecular formula is C14H27NO3S. The van der Waals surface area contributed by atoms with Gasteiger partial charge in [-0.15, -0.1) is 0 Å². The summed E-state index contributed by atoms with van der Waals surface area (Å²) in [6.07, 6.45) is 1.00. The molecule has 0 unspecified atom stereocenters. The third kappa shape index (κ3) is 8.14. The molecule has 0 aliphatic heterocycles. The van der Waals surface area contributed by atoms with Crippen LogP contribution in [0.1, 0.15) is 48.0 Å². The monoisotopic (exact) mass is 289 g/mol. The van der Waals surface area contributed by atoms with Crippen LogP contribution in [0.15, 0.2) is 0 Å². The number of amides is 1. The molecule has 4 nitrogen and oxygen atoms in total. The van der Waals surface area contributed by atoms with Gasteiger partial charge in [-0.25, -0.2) is 4.79 Å². The molecule has 0 aromatic carbocycles. The lowest BCUT2D eigenvalue weighted by Gasteiger charge is -2.38. The molecular weight excluding hydrogens is 262 g/mol. The van der Waals surface area contributed by atoms with Crippen molar-refractivity contribution in [3.8, 4) is 0 Å². The average Bonchev–Trinajstić information content (AvgIpc) is 2.22. The molecule has 0 spiro atoms. The number of thiol groups is 1. The van der Waals surface area contributed by atoms with Crippen molar-refractivity contribution in [1.82, 2.24) is 5.32 Å². The van der Waals surface area contributed by atoms with Gasteiger partial charge in [0.2, 0.25) is 0 Å². The van der Waals surface area contributed by atoms with E-state index in [1.54, 1.807) is 0 Å². The molecule has 1 amide bonds. The van der Waals surface area contributed by atoms with E-state index >= 15 is 0 Å². The summed E-state index contributed by atoms with van der Waals surface area (Å²) in [5.41, 5.74) is 0.209. The average molecular weight is 289 g/mol. The lowest BCUT2D eigenvalue weighted by Crippen LogP contribution is -2.39. The van der Waals surface area contributed by atoms with Crippen molar-refractivity contribution in [3.05, 3.63) is 0 Å². The number of carbonyl (C=O) groups excluding carboxylic acids is 2. The van der Waals surface area contributed by atoms with Gasteiger partial charge in [-0.05, 0) is 23.2 Å². The Kier molecular flexibility index (Phi) is 6.91. The van der Waals surface area contributed by atoms with Gasteiger partial charge in [0.25, 0.3) is 5.91 Å². The Morgan fingerprint density at radius 1 is 1.21 bits per heavy atom. The Bertz CT molecular complexity index is 325. The molecule has 0 radical (unpaired) electrons. The largest absolute Gasteiger partial charge is 0.448 e. The van der Waals surface area contributed by atoms with Gasteiger partial charge in [-0.3, -0.25) is 4.79 Å². The minimum absolute atomic E-state index is 0.00555. The van der Waals surface area contributed by atoms with Crippen LogP contribution in [0.25, 0.3) is 0 Å². The van der Waals surface area contributed by atoms with E-state index in [2.05, 4.69) is 64.2 Å². The fraction of sp³-hybridized carbons (Fsp3) is 0.857. The molecule has 0 aliphatic carbocycles. The number of hydrogen-bond donors (Lipinski definition) is 2. The molecule has 0 bridgehead atoms. The first-order chi connectivity index (χ1) is 8.46. The third-order valence-corrected chi connectivity index (χ3v) is 3.72. The molecule has 0 saturated heterocycles. The SMILES string of the molecule is CC(C)C(C)(C)CC(C)(C)CNC(=O)COC(=O)S. The first-order valence-corrected chi connectivity index (χ1v) is 7.03. The second-order valence-corrected chi connectivity index (χ2v) is 7.18. The highest BCUT2D eigenvalue weighted by Crippen LogP contribution is 2.38. The first kappa shape index (κ1) is 18.3. The van der Waals surface area contributed by atoms with Crippen LogP contribution in [-0.4, -0.2) is 24.4 Å². The smallest absolute Gasteiger partial charge is 0.364 e. The number of hydrogen-bond acceptors (Lipinski definition) is 3. The molecule has 1 N–H and O–H groups in total. The van der Waals surface area contributed by atoms with Crippen molar-refractivity contribution in [1.29, 1.82) is 0 Å². The van der Waals surface area contributed by atoms with Crippen molar-refractivity contribution >= 4 is 23.8 Å². The van der Waals surface area contributed by atoms with E-state index in [0.717, 1.165) is 6.42 Å². The molecule has 0 heterocycles. The Hall–Kier alpha value is -0.710. The van der Waals surface area contributed by atoms with Crippen LogP contribution in [0, 0.1) is 16.7 Å². The quantitative estimate of drug-likeness (QED) is 0.558. The Labute approximate surface area is 122 Å². The molecule has 5 heteroatoms. The first-order valence-electron chi connectivity index (χ1n) is 6.59. The van der Waals surface area contributed by atoms with E-state index in [1.165, 1.54) is 0 Å². The maximum absolute atomic E-state index is 11.5. The van der Waals surface area contributed by atoms with Gasteiger partial charge in [0.15, 0.2) is 6.61 Å². The summed E-state index contributed by atoms with van der Waals surface area (Å²) in [5, 5.41) is 2.05.